The van der Waals surface area contributed by atoms with Crippen LogP contribution in [-0.2, 0) is 4.79 Å². The molecule has 1 heterocycles. The van der Waals surface area contributed by atoms with Crippen molar-refractivity contribution < 1.29 is 9.53 Å². The number of aromatic nitrogens is 1. The molecule has 0 atom stereocenters. The predicted molar refractivity (Wildman–Crippen MR) is 57.3 cm³/mol. The first-order valence-corrected chi connectivity index (χ1v) is 5.04. The second-order valence-corrected chi connectivity index (χ2v) is 4.28. The Balaban J connectivity index is 2.83. The molecule has 76 valence electrons. The lowest BCUT2D eigenvalue weighted by Crippen LogP contribution is -2.36. The third-order valence-corrected chi connectivity index (χ3v) is 2.34. The number of carbonyl (C=O) groups excluding carboxylic acids is 1. The van der Waals surface area contributed by atoms with Crippen LogP contribution in [0.4, 0.5) is 0 Å². The van der Waals surface area contributed by atoms with Crippen LogP contribution in [0.25, 0.3) is 0 Å². The van der Waals surface area contributed by atoms with E-state index in [0.717, 1.165) is 0 Å². The van der Waals surface area contributed by atoms with Gasteiger partial charge in [0, 0.05) is 6.07 Å². The fraction of sp³-hybridized carbons (Fsp3) is 0.400. The molecule has 0 aliphatic heterocycles. The van der Waals surface area contributed by atoms with Gasteiger partial charge in [-0.2, -0.15) is 0 Å². The second kappa shape index (κ2) is 4.09. The molecule has 0 aromatic carbocycles. The largest absolute Gasteiger partial charge is 0.464 e. The Labute approximate surface area is 91.6 Å². The van der Waals surface area contributed by atoms with Gasteiger partial charge >= 0.3 is 0 Å². The highest BCUT2D eigenvalue weighted by molar-refractivity contribution is 9.10. The third-order valence-electron chi connectivity index (χ3n) is 1.90. The van der Waals surface area contributed by atoms with E-state index in [-0.39, 0.29) is 5.78 Å². The average Bonchev–Trinajstić information content (AvgIpc) is 2.02. The van der Waals surface area contributed by atoms with Crippen molar-refractivity contribution in [3.05, 3.63) is 22.8 Å². The van der Waals surface area contributed by atoms with Crippen molar-refractivity contribution >= 4 is 21.7 Å². The molecule has 0 fully saturated rings. The van der Waals surface area contributed by atoms with Gasteiger partial charge in [-0.1, -0.05) is 6.07 Å². The Hall–Kier alpha value is -0.900. The number of nitrogens with zero attached hydrogens (tertiary/aromatic N) is 1. The molecule has 0 aliphatic rings. The van der Waals surface area contributed by atoms with E-state index in [0.29, 0.717) is 10.5 Å². The molecule has 0 spiro atoms. The molecule has 0 aliphatic carbocycles. The van der Waals surface area contributed by atoms with E-state index in [4.69, 9.17) is 4.74 Å². The number of rotatable bonds is 3. The highest BCUT2D eigenvalue weighted by Gasteiger charge is 2.26. The van der Waals surface area contributed by atoms with E-state index in [1.807, 2.05) is 6.07 Å². The van der Waals surface area contributed by atoms with Crippen LogP contribution >= 0.6 is 15.9 Å². The summed E-state index contributed by atoms with van der Waals surface area (Å²) in [5.74, 6) is 0.416. The van der Waals surface area contributed by atoms with Crippen molar-refractivity contribution in [1.29, 1.82) is 0 Å². The Kier molecular flexibility index (Phi) is 3.26. The maximum absolute atomic E-state index is 11.2. The lowest BCUT2D eigenvalue weighted by molar-refractivity contribution is -0.129. The van der Waals surface area contributed by atoms with Gasteiger partial charge < -0.3 is 4.74 Å². The van der Waals surface area contributed by atoms with Crippen LogP contribution in [-0.4, -0.2) is 16.4 Å². The molecule has 4 heteroatoms. The number of hydrogen-bond donors (Lipinski definition) is 0. The van der Waals surface area contributed by atoms with Gasteiger partial charge in [-0.05, 0) is 42.8 Å². The first-order chi connectivity index (χ1) is 6.42. The van der Waals surface area contributed by atoms with Crippen molar-refractivity contribution in [2.75, 3.05) is 0 Å². The summed E-state index contributed by atoms with van der Waals surface area (Å²) in [5, 5.41) is 0. The highest BCUT2D eigenvalue weighted by Crippen LogP contribution is 2.18. The van der Waals surface area contributed by atoms with Crippen LogP contribution in [0, 0.1) is 0 Å². The minimum Gasteiger partial charge on any atom is -0.464 e. The number of ketones is 1. The number of ether oxygens (including phenoxy) is 1. The fourth-order valence-corrected chi connectivity index (χ4v) is 1.11. The van der Waals surface area contributed by atoms with Gasteiger partial charge in [0.05, 0.1) is 0 Å². The summed E-state index contributed by atoms with van der Waals surface area (Å²) >= 11 is 3.23. The van der Waals surface area contributed by atoms with Crippen LogP contribution in [0.1, 0.15) is 20.8 Å². The molecule has 0 saturated heterocycles. The Bertz CT molecular complexity index is 350. The zero-order valence-electron chi connectivity index (χ0n) is 8.37. The van der Waals surface area contributed by atoms with Gasteiger partial charge in [-0.3, -0.25) is 4.79 Å². The molecular weight excluding hydrogens is 246 g/mol. The molecule has 0 bridgehead atoms. The molecule has 1 aromatic rings. The van der Waals surface area contributed by atoms with Gasteiger partial charge in [0.2, 0.25) is 5.88 Å². The fourth-order valence-electron chi connectivity index (χ4n) is 0.780. The predicted octanol–water partition coefficient (Wildman–Crippen LogP) is 2.59. The minimum absolute atomic E-state index is 0.0284. The van der Waals surface area contributed by atoms with Gasteiger partial charge in [0.25, 0.3) is 0 Å². The third kappa shape index (κ3) is 2.80. The van der Waals surface area contributed by atoms with Crippen molar-refractivity contribution in [1.82, 2.24) is 4.98 Å². The number of Topliss-reactive ketones (excluding diaryl/α,β-unsaturated/α-hetero) is 1. The smallest absolute Gasteiger partial charge is 0.215 e. The van der Waals surface area contributed by atoms with Gasteiger partial charge in [-0.25, -0.2) is 4.98 Å². The van der Waals surface area contributed by atoms with Gasteiger partial charge in [-0.15, -0.1) is 0 Å². The Morgan fingerprint density at radius 2 is 2.14 bits per heavy atom. The first-order valence-electron chi connectivity index (χ1n) is 4.24. The van der Waals surface area contributed by atoms with Gasteiger partial charge in [0.1, 0.15) is 4.60 Å². The van der Waals surface area contributed by atoms with E-state index in [9.17, 15) is 4.79 Å². The molecule has 0 unspecified atom stereocenters. The van der Waals surface area contributed by atoms with E-state index in [2.05, 4.69) is 20.9 Å². The molecule has 0 amide bonds. The Morgan fingerprint density at radius 1 is 1.50 bits per heavy atom. The first kappa shape index (κ1) is 11.2. The highest BCUT2D eigenvalue weighted by atomic mass is 79.9. The lowest BCUT2D eigenvalue weighted by Gasteiger charge is -2.22. The summed E-state index contributed by atoms with van der Waals surface area (Å²) < 4.78 is 6.14. The van der Waals surface area contributed by atoms with Crippen molar-refractivity contribution in [3.63, 3.8) is 0 Å². The molecule has 1 rings (SSSR count). The number of pyridine rings is 1. The summed E-state index contributed by atoms with van der Waals surface area (Å²) in [7, 11) is 0. The second-order valence-electron chi connectivity index (χ2n) is 3.47. The topological polar surface area (TPSA) is 39.2 Å². The molecule has 14 heavy (non-hydrogen) atoms. The van der Waals surface area contributed by atoms with Crippen molar-refractivity contribution in [2.24, 2.45) is 0 Å². The van der Waals surface area contributed by atoms with E-state index < -0.39 is 5.60 Å². The summed E-state index contributed by atoms with van der Waals surface area (Å²) in [6.07, 6.45) is 0. The van der Waals surface area contributed by atoms with Gasteiger partial charge in [0.15, 0.2) is 11.4 Å². The number of halogens is 1. The van der Waals surface area contributed by atoms with E-state index >= 15 is 0 Å². The maximum atomic E-state index is 11.2. The monoisotopic (exact) mass is 257 g/mol. The molecule has 0 N–H and O–H groups in total. The summed E-state index contributed by atoms with van der Waals surface area (Å²) in [5.41, 5.74) is -0.826. The van der Waals surface area contributed by atoms with E-state index in [1.54, 1.807) is 26.0 Å². The van der Waals surface area contributed by atoms with E-state index in [1.165, 1.54) is 6.92 Å². The van der Waals surface area contributed by atoms with Crippen LogP contribution in [0.15, 0.2) is 22.8 Å². The number of carbonyl (C=O) groups is 1. The molecule has 3 nitrogen and oxygen atoms in total. The van der Waals surface area contributed by atoms with Crippen molar-refractivity contribution in [3.8, 4) is 5.88 Å². The molecular formula is C10H12BrNO2. The zero-order chi connectivity index (χ0) is 10.8. The minimum atomic E-state index is -0.826. The molecule has 0 saturated carbocycles. The maximum Gasteiger partial charge on any atom is 0.215 e. The standard InChI is InChI=1S/C10H12BrNO2/c1-7(13)10(2,3)14-9-6-4-5-8(11)12-9/h4-6H,1-3H3. The molecule has 0 radical (unpaired) electrons. The van der Waals surface area contributed by atoms with Crippen LogP contribution in [0.3, 0.4) is 0 Å². The summed E-state index contributed by atoms with van der Waals surface area (Å²) in [6.45, 7) is 4.94. The normalized spacial score (nSPS) is 11.1. The summed E-state index contributed by atoms with van der Waals surface area (Å²) in [6, 6.07) is 5.33. The lowest BCUT2D eigenvalue weighted by atomic mass is 10.1. The van der Waals surface area contributed by atoms with Crippen LogP contribution in [0.2, 0.25) is 0 Å². The zero-order valence-corrected chi connectivity index (χ0v) is 9.96. The molecule has 1 aromatic heterocycles. The quantitative estimate of drug-likeness (QED) is 0.782. The van der Waals surface area contributed by atoms with Crippen molar-refractivity contribution in [2.45, 2.75) is 26.4 Å². The SMILES string of the molecule is CC(=O)C(C)(C)Oc1cccc(Br)n1. The average molecular weight is 258 g/mol. The van der Waals surface area contributed by atoms with Crippen LogP contribution < -0.4 is 4.74 Å². The number of hydrogen-bond acceptors (Lipinski definition) is 3. The van der Waals surface area contributed by atoms with Crippen LogP contribution in [0.5, 0.6) is 5.88 Å². The summed E-state index contributed by atoms with van der Waals surface area (Å²) in [4.78, 5) is 15.3. The Morgan fingerprint density at radius 3 is 2.64 bits per heavy atom.